The Morgan fingerprint density at radius 1 is 0.656 bits per heavy atom. The molecule has 0 amide bonds. The molecule has 0 unspecified atom stereocenters. The number of unbranched alkanes of at least 4 members (excludes halogenated alkanes) is 4. The van der Waals surface area contributed by atoms with Gasteiger partial charge in [-0.1, -0.05) is 102 Å². The van der Waals surface area contributed by atoms with E-state index in [1.807, 2.05) is 0 Å². The first kappa shape index (κ1) is 25.1. The van der Waals surface area contributed by atoms with Crippen molar-refractivity contribution in [2.75, 3.05) is 0 Å². The highest BCUT2D eigenvalue weighted by atomic mass is 14.4. The van der Waals surface area contributed by atoms with Crippen LogP contribution >= 0.6 is 0 Å². The molecule has 32 heavy (non-hydrogen) atoms. The molecule has 3 rings (SSSR count). The summed E-state index contributed by atoms with van der Waals surface area (Å²) in [6, 6.07) is 14.7. The van der Waals surface area contributed by atoms with E-state index in [1.165, 1.54) is 106 Å². The summed E-state index contributed by atoms with van der Waals surface area (Å²) in [5, 5.41) is 0. The Morgan fingerprint density at radius 3 is 1.91 bits per heavy atom. The largest absolute Gasteiger partial charge is 0.0654 e. The zero-order valence-corrected chi connectivity index (χ0v) is 21.6. The summed E-state index contributed by atoms with van der Waals surface area (Å²) in [6.45, 7) is 9.27. The molecule has 0 radical (unpaired) electrons. The molecule has 1 fully saturated rings. The quantitative estimate of drug-likeness (QED) is 0.293. The van der Waals surface area contributed by atoms with E-state index in [4.69, 9.17) is 0 Å². The monoisotopic (exact) mass is 432 g/mol. The van der Waals surface area contributed by atoms with Crippen LogP contribution in [0.15, 0.2) is 36.4 Å². The van der Waals surface area contributed by atoms with Crippen molar-refractivity contribution >= 4 is 0 Å². The molecule has 176 valence electrons. The number of hydrogen-bond acceptors (Lipinski definition) is 0. The minimum absolute atomic E-state index is 0.459. The van der Waals surface area contributed by atoms with Crippen molar-refractivity contribution in [1.82, 2.24) is 0 Å². The van der Waals surface area contributed by atoms with E-state index in [1.54, 1.807) is 11.1 Å². The highest BCUT2D eigenvalue weighted by Gasteiger charge is 2.33. The van der Waals surface area contributed by atoms with Crippen LogP contribution in [0.4, 0.5) is 0 Å². The predicted molar refractivity (Wildman–Crippen MR) is 142 cm³/mol. The summed E-state index contributed by atoms with van der Waals surface area (Å²) < 4.78 is 0. The standard InChI is InChI=1S/C32H48/c1-5-7-10-14-28-15-16-29(26(3)24-28)17-18-30-19-20-31(25-27(30)4)32(21-11-8-6-2)22-12-9-13-23-32/h15-16,19-20,24-25H,5-14,17-18,21-23H2,1-4H3. The van der Waals surface area contributed by atoms with E-state index >= 15 is 0 Å². The Bertz CT molecular complexity index is 822. The zero-order valence-electron chi connectivity index (χ0n) is 21.6. The normalized spacial score (nSPS) is 15.8. The third-order valence-electron chi connectivity index (χ3n) is 8.16. The van der Waals surface area contributed by atoms with Crippen molar-refractivity contribution in [3.8, 4) is 0 Å². The molecule has 0 nitrogen and oxygen atoms in total. The van der Waals surface area contributed by atoms with Gasteiger partial charge in [-0.05, 0) is 97.6 Å². The number of rotatable bonds is 12. The van der Waals surface area contributed by atoms with Crippen LogP contribution in [0.1, 0.15) is 124 Å². The lowest BCUT2D eigenvalue weighted by Crippen LogP contribution is -2.29. The average Bonchev–Trinajstić information content (AvgIpc) is 2.80. The van der Waals surface area contributed by atoms with Crippen LogP contribution in [0, 0.1) is 13.8 Å². The molecule has 1 aliphatic carbocycles. The fourth-order valence-corrected chi connectivity index (χ4v) is 5.97. The molecule has 0 heteroatoms. The van der Waals surface area contributed by atoms with Gasteiger partial charge in [-0.3, -0.25) is 0 Å². The van der Waals surface area contributed by atoms with Gasteiger partial charge in [0, 0.05) is 0 Å². The fraction of sp³-hybridized carbons (Fsp3) is 0.625. The van der Waals surface area contributed by atoms with Gasteiger partial charge in [0.2, 0.25) is 0 Å². The molecule has 0 bridgehead atoms. The maximum atomic E-state index is 2.57. The molecule has 0 N–H and O–H groups in total. The van der Waals surface area contributed by atoms with Gasteiger partial charge in [-0.25, -0.2) is 0 Å². The summed E-state index contributed by atoms with van der Waals surface area (Å²) in [5.74, 6) is 0. The van der Waals surface area contributed by atoms with Crippen LogP contribution in [-0.4, -0.2) is 0 Å². The number of hydrogen-bond donors (Lipinski definition) is 0. The Kier molecular flexibility index (Phi) is 9.89. The van der Waals surface area contributed by atoms with E-state index in [2.05, 4.69) is 64.1 Å². The second-order valence-corrected chi connectivity index (χ2v) is 10.7. The first-order valence-corrected chi connectivity index (χ1v) is 13.8. The van der Waals surface area contributed by atoms with E-state index < -0.39 is 0 Å². The van der Waals surface area contributed by atoms with Gasteiger partial charge in [-0.15, -0.1) is 0 Å². The van der Waals surface area contributed by atoms with Gasteiger partial charge in [0.25, 0.3) is 0 Å². The molecule has 1 saturated carbocycles. The molecule has 0 heterocycles. The lowest BCUT2D eigenvalue weighted by atomic mass is 9.66. The van der Waals surface area contributed by atoms with Crippen molar-refractivity contribution in [3.63, 3.8) is 0 Å². The van der Waals surface area contributed by atoms with E-state index in [0.717, 1.165) is 12.8 Å². The van der Waals surface area contributed by atoms with Crippen molar-refractivity contribution in [3.05, 3.63) is 69.8 Å². The second-order valence-electron chi connectivity index (χ2n) is 10.7. The third kappa shape index (κ3) is 6.72. The number of benzene rings is 2. The zero-order chi connectivity index (χ0) is 22.8. The molecule has 0 atom stereocenters. The predicted octanol–water partition coefficient (Wildman–Crippen LogP) is 9.60. The third-order valence-corrected chi connectivity index (χ3v) is 8.16. The van der Waals surface area contributed by atoms with Crippen molar-refractivity contribution in [2.24, 2.45) is 0 Å². The van der Waals surface area contributed by atoms with E-state index in [9.17, 15) is 0 Å². The van der Waals surface area contributed by atoms with Gasteiger partial charge in [0.15, 0.2) is 0 Å². The Morgan fingerprint density at radius 2 is 1.28 bits per heavy atom. The summed E-state index contributed by atoms with van der Waals surface area (Å²) in [5.41, 5.74) is 9.67. The molecule has 1 aliphatic rings. The lowest BCUT2D eigenvalue weighted by molar-refractivity contribution is 0.266. The average molecular weight is 433 g/mol. The second kappa shape index (κ2) is 12.6. The van der Waals surface area contributed by atoms with Gasteiger partial charge in [0.05, 0.1) is 0 Å². The maximum Gasteiger partial charge on any atom is -0.00469 e. The Hall–Kier alpha value is -1.56. The molecular formula is C32H48. The van der Waals surface area contributed by atoms with Crippen molar-refractivity contribution in [2.45, 2.75) is 129 Å². The van der Waals surface area contributed by atoms with Gasteiger partial charge in [-0.2, -0.15) is 0 Å². The molecule has 0 aromatic heterocycles. The van der Waals surface area contributed by atoms with Crippen LogP contribution in [-0.2, 0) is 24.7 Å². The minimum atomic E-state index is 0.459. The van der Waals surface area contributed by atoms with Crippen LogP contribution in [0.3, 0.4) is 0 Å². The van der Waals surface area contributed by atoms with Gasteiger partial charge >= 0.3 is 0 Å². The molecule has 0 spiro atoms. The molecule has 2 aromatic rings. The van der Waals surface area contributed by atoms with Crippen molar-refractivity contribution in [1.29, 1.82) is 0 Å². The first-order valence-electron chi connectivity index (χ1n) is 13.8. The highest BCUT2D eigenvalue weighted by molar-refractivity contribution is 5.37. The highest BCUT2D eigenvalue weighted by Crippen LogP contribution is 2.44. The summed E-state index contributed by atoms with van der Waals surface area (Å²) in [4.78, 5) is 0. The minimum Gasteiger partial charge on any atom is -0.0654 e. The Balaban J connectivity index is 1.66. The maximum absolute atomic E-state index is 2.57. The summed E-state index contributed by atoms with van der Waals surface area (Å²) in [7, 11) is 0. The van der Waals surface area contributed by atoms with Gasteiger partial charge < -0.3 is 0 Å². The first-order chi connectivity index (χ1) is 15.6. The van der Waals surface area contributed by atoms with Crippen LogP contribution in [0.2, 0.25) is 0 Å². The van der Waals surface area contributed by atoms with Crippen molar-refractivity contribution < 1.29 is 0 Å². The SMILES string of the molecule is CCCCCc1ccc(CCc2ccc(C3(CCCCC)CCCCC3)cc2C)c(C)c1. The Labute approximate surface area is 199 Å². The van der Waals surface area contributed by atoms with E-state index in [0.29, 0.717) is 5.41 Å². The summed E-state index contributed by atoms with van der Waals surface area (Å²) >= 11 is 0. The van der Waals surface area contributed by atoms with E-state index in [-0.39, 0.29) is 0 Å². The summed E-state index contributed by atoms with van der Waals surface area (Å²) in [6.07, 6.45) is 20.1. The number of aryl methyl sites for hydroxylation is 5. The van der Waals surface area contributed by atoms with Crippen LogP contribution in [0.5, 0.6) is 0 Å². The molecule has 0 aliphatic heterocycles. The molecular weight excluding hydrogens is 384 g/mol. The lowest BCUT2D eigenvalue weighted by Gasteiger charge is -2.38. The topological polar surface area (TPSA) is 0 Å². The molecule has 2 aromatic carbocycles. The fourth-order valence-electron chi connectivity index (χ4n) is 5.97. The molecule has 0 saturated heterocycles. The van der Waals surface area contributed by atoms with Crippen LogP contribution < -0.4 is 0 Å². The van der Waals surface area contributed by atoms with Gasteiger partial charge in [0.1, 0.15) is 0 Å². The smallest absolute Gasteiger partial charge is 0.00469 e. The van der Waals surface area contributed by atoms with Crippen LogP contribution in [0.25, 0.3) is 0 Å².